The van der Waals surface area contributed by atoms with E-state index in [0.29, 0.717) is 12.1 Å². The molecule has 0 aliphatic rings. The van der Waals surface area contributed by atoms with Crippen LogP contribution in [0.4, 0.5) is 0 Å². The molecule has 1 heterocycles. The number of carbonyl (C=O) groups is 1. The zero-order valence-corrected chi connectivity index (χ0v) is 15.6. The van der Waals surface area contributed by atoms with Crippen LogP contribution in [0.5, 0.6) is 5.75 Å². The summed E-state index contributed by atoms with van der Waals surface area (Å²) in [5, 5.41) is 5.16. The van der Waals surface area contributed by atoms with Gasteiger partial charge in [0.15, 0.2) is 0 Å². The molecule has 1 N–H and O–H groups in total. The van der Waals surface area contributed by atoms with E-state index in [9.17, 15) is 4.79 Å². The number of benzene rings is 3. The number of nitrogens with one attached hydrogen (secondary N) is 1. The predicted octanol–water partition coefficient (Wildman–Crippen LogP) is 4.84. The maximum absolute atomic E-state index is 12.5. The van der Waals surface area contributed by atoms with E-state index in [-0.39, 0.29) is 5.91 Å². The van der Waals surface area contributed by atoms with E-state index in [4.69, 9.17) is 4.74 Å². The van der Waals surface area contributed by atoms with Crippen LogP contribution in [0.3, 0.4) is 0 Å². The van der Waals surface area contributed by atoms with Crippen LogP contribution in [-0.4, -0.2) is 18.0 Å². The van der Waals surface area contributed by atoms with E-state index in [1.54, 1.807) is 37.6 Å². The topological polar surface area (TPSA) is 51.2 Å². The van der Waals surface area contributed by atoms with Gasteiger partial charge in [-0.1, -0.05) is 42.5 Å². The molecule has 1 amide bonds. The third-order valence-electron chi connectivity index (χ3n) is 4.78. The second-order valence-electron chi connectivity index (χ2n) is 6.47. The van der Waals surface area contributed by atoms with Crippen molar-refractivity contribution in [2.75, 3.05) is 7.11 Å². The van der Waals surface area contributed by atoms with Gasteiger partial charge in [0.2, 0.25) is 0 Å². The van der Waals surface area contributed by atoms with Gasteiger partial charge in [0, 0.05) is 29.9 Å². The molecule has 4 heteroatoms. The molecule has 4 aromatic rings. The Morgan fingerprint density at radius 3 is 2.46 bits per heavy atom. The SMILES string of the molecule is COc1ccc(C(=O)NCc2ccc(-c3ccccc3)c3ccncc23)cc1. The molecule has 0 spiro atoms. The van der Waals surface area contributed by atoms with Gasteiger partial charge in [0.05, 0.1) is 7.11 Å². The molecular weight excluding hydrogens is 348 g/mol. The molecule has 0 unspecified atom stereocenters. The average molecular weight is 368 g/mol. The Morgan fingerprint density at radius 2 is 1.71 bits per heavy atom. The lowest BCUT2D eigenvalue weighted by Crippen LogP contribution is -2.22. The normalized spacial score (nSPS) is 10.6. The van der Waals surface area contributed by atoms with Crippen LogP contribution in [0, 0.1) is 0 Å². The number of amides is 1. The molecule has 4 rings (SSSR count). The highest BCUT2D eigenvalue weighted by Gasteiger charge is 2.10. The molecule has 0 fully saturated rings. The summed E-state index contributed by atoms with van der Waals surface area (Å²) in [7, 11) is 1.60. The molecule has 4 nitrogen and oxygen atoms in total. The van der Waals surface area contributed by atoms with Crippen molar-refractivity contribution in [1.29, 1.82) is 0 Å². The Morgan fingerprint density at radius 1 is 0.929 bits per heavy atom. The largest absolute Gasteiger partial charge is 0.497 e. The van der Waals surface area contributed by atoms with Crippen molar-refractivity contribution < 1.29 is 9.53 Å². The monoisotopic (exact) mass is 368 g/mol. The van der Waals surface area contributed by atoms with Crippen molar-refractivity contribution in [3.63, 3.8) is 0 Å². The van der Waals surface area contributed by atoms with Crippen LogP contribution in [-0.2, 0) is 6.54 Å². The van der Waals surface area contributed by atoms with Crippen molar-refractivity contribution in [3.8, 4) is 16.9 Å². The molecule has 0 saturated heterocycles. The minimum atomic E-state index is -0.119. The Kier molecular flexibility index (Phi) is 5.02. The van der Waals surface area contributed by atoms with Gasteiger partial charge in [0.1, 0.15) is 5.75 Å². The van der Waals surface area contributed by atoms with E-state index in [1.165, 1.54) is 0 Å². The van der Waals surface area contributed by atoms with Gasteiger partial charge >= 0.3 is 0 Å². The van der Waals surface area contributed by atoms with Crippen LogP contribution < -0.4 is 10.1 Å². The van der Waals surface area contributed by atoms with E-state index in [1.807, 2.05) is 30.5 Å². The molecule has 138 valence electrons. The van der Waals surface area contributed by atoms with Gasteiger partial charge in [-0.25, -0.2) is 0 Å². The molecule has 0 aliphatic carbocycles. The maximum atomic E-state index is 12.5. The van der Waals surface area contributed by atoms with Crippen LogP contribution in [0.25, 0.3) is 21.9 Å². The van der Waals surface area contributed by atoms with Crippen LogP contribution in [0.2, 0.25) is 0 Å². The fourth-order valence-electron chi connectivity index (χ4n) is 3.29. The zero-order valence-electron chi connectivity index (χ0n) is 15.6. The van der Waals surface area contributed by atoms with Crippen molar-refractivity contribution in [3.05, 3.63) is 96.3 Å². The lowest BCUT2D eigenvalue weighted by Gasteiger charge is -2.12. The quantitative estimate of drug-likeness (QED) is 0.548. The van der Waals surface area contributed by atoms with E-state index in [0.717, 1.165) is 33.2 Å². The Labute approximate surface area is 163 Å². The Hall–Kier alpha value is -3.66. The van der Waals surface area contributed by atoms with E-state index >= 15 is 0 Å². The first-order valence-electron chi connectivity index (χ1n) is 9.09. The van der Waals surface area contributed by atoms with Crippen molar-refractivity contribution >= 4 is 16.7 Å². The molecule has 0 aliphatic heterocycles. The van der Waals surface area contributed by atoms with Crippen LogP contribution >= 0.6 is 0 Å². The number of hydrogen-bond donors (Lipinski definition) is 1. The number of methoxy groups -OCH3 is 1. The number of rotatable bonds is 5. The van der Waals surface area contributed by atoms with E-state index < -0.39 is 0 Å². The minimum absolute atomic E-state index is 0.119. The standard InChI is InChI=1S/C24H20N2O2/c1-28-20-10-7-18(8-11-20)24(27)26-15-19-9-12-21(17-5-3-2-4-6-17)22-13-14-25-16-23(19)22/h2-14,16H,15H2,1H3,(H,26,27). The van der Waals surface area contributed by atoms with Crippen LogP contribution in [0.1, 0.15) is 15.9 Å². The van der Waals surface area contributed by atoms with Gasteiger partial charge in [-0.3, -0.25) is 9.78 Å². The molecule has 0 bridgehead atoms. The van der Waals surface area contributed by atoms with Gasteiger partial charge in [0.25, 0.3) is 5.91 Å². The molecule has 0 radical (unpaired) electrons. The summed E-state index contributed by atoms with van der Waals surface area (Å²) in [6, 6.07) is 23.5. The van der Waals surface area contributed by atoms with Crippen molar-refractivity contribution in [2.45, 2.75) is 6.54 Å². The van der Waals surface area contributed by atoms with Gasteiger partial charge in [-0.2, -0.15) is 0 Å². The third-order valence-corrected chi connectivity index (χ3v) is 4.78. The van der Waals surface area contributed by atoms with Gasteiger partial charge in [-0.15, -0.1) is 0 Å². The molecule has 0 saturated carbocycles. The molecule has 1 aromatic heterocycles. The molecule has 3 aromatic carbocycles. The summed E-state index contributed by atoms with van der Waals surface area (Å²) < 4.78 is 5.14. The summed E-state index contributed by atoms with van der Waals surface area (Å²) >= 11 is 0. The highest BCUT2D eigenvalue weighted by molar-refractivity contribution is 5.98. The number of fused-ring (bicyclic) bond motifs is 1. The number of hydrogen-bond acceptors (Lipinski definition) is 3. The highest BCUT2D eigenvalue weighted by atomic mass is 16.5. The second-order valence-corrected chi connectivity index (χ2v) is 6.47. The lowest BCUT2D eigenvalue weighted by molar-refractivity contribution is 0.0951. The maximum Gasteiger partial charge on any atom is 0.251 e. The Balaban J connectivity index is 1.60. The second kappa shape index (κ2) is 7.92. The smallest absolute Gasteiger partial charge is 0.251 e. The first kappa shape index (κ1) is 17.7. The Bertz CT molecular complexity index is 1110. The lowest BCUT2D eigenvalue weighted by atomic mass is 9.96. The zero-order chi connectivity index (χ0) is 19.3. The number of aromatic nitrogens is 1. The van der Waals surface area contributed by atoms with Crippen molar-refractivity contribution in [2.24, 2.45) is 0 Å². The third kappa shape index (κ3) is 3.58. The number of pyridine rings is 1. The average Bonchev–Trinajstić information content (AvgIpc) is 2.78. The number of carbonyl (C=O) groups excluding carboxylic acids is 1. The van der Waals surface area contributed by atoms with Crippen molar-refractivity contribution in [1.82, 2.24) is 10.3 Å². The summed E-state index contributed by atoms with van der Waals surface area (Å²) in [6.45, 7) is 0.433. The predicted molar refractivity (Wildman–Crippen MR) is 111 cm³/mol. The van der Waals surface area contributed by atoms with E-state index in [2.05, 4.69) is 34.6 Å². The number of ether oxygens (including phenoxy) is 1. The van der Waals surface area contributed by atoms with Crippen LogP contribution in [0.15, 0.2) is 85.2 Å². The van der Waals surface area contributed by atoms with Gasteiger partial charge in [-0.05, 0) is 52.4 Å². The minimum Gasteiger partial charge on any atom is -0.497 e. The summed E-state index contributed by atoms with van der Waals surface area (Å²) in [5.74, 6) is 0.608. The van der Waals surface area contributed by atoms with Gasteiger partial charge < -0.3 is 10.1 Å². The molecule has 0 atom stereocenters. The first-order chi connectivity index (χ1) is 13.8. The fraction of sp³-hybridized carbons (Fsp3) is 0.0833. The molecule has 28 heavy (non-hydrogen) atoms. The summed E-state index contributed by atoms with van der Waals surface area (Å²) in [5.41, 5.74) is 3.95. The number of nitrogens with zero attached hydrogens (tertiary/aromatic N) is 1. The summed E-state index contributed by atoms with van der Waals surface area (Å²) in [4.78, 5) is 16.8. The summed E-state index contributed by atoms with van der Waals surface area (Å²) in [6.07, 6.45) is 3.66. The highest BCUT2D eigenvalue weighted by Crippen LogP contribution is 2.30. The fourth-order valence-corrected chi connectivity index (χ4v) is 3.29. The first-order valence-corrected chi connectivity index (χ1v) is 9.09. The molecular formula is C24H20N2O2.